The molecule has 0 bridgehead atoms. The van der Waals surface area contributed by atoms with Gasteiger partial charge < -0.3 is 5.32 Å². The molecule has 0 atom stereocenters. The van der Waals surface area contributed by atoms with Gasteiger partial charge in [-0.25, -0.2) is 18.4 Å². The van der Waals surface area contributed by atoms with E-state index in [1.54, 1.807) is 6.20 Å². The summed E-state index contributed by atoms with van der Waals surface area (Å²) in [6, 6.07) is 3.59. The molecule has 3 aromatic rings. The Morgan fingerprint density at radius 2 is 2.09 bits per heavy atom. The van der Waals surface area contributed by atoms with Crippen LogP contribution in [0.4, 0.5) is 13.9 Å². The van der Waals surface area contributed by atoms with E-state index in [0.29, 0.717) is 0 Å². The molecule has 2 heterocycles. The predicted octanol–water partition coefficient (Wildman–Crippen LogP) is 2.32. The molecule has 0 aliphatic rings. The zero-order chi connectivity index (χ0) is 15.5. The first-order valence-corrected chi connectivity index (χ1v) is 7.05. The topological polar surface area (TPSA) is 72.7 Å². The molecule has 9 heteroatoms. The van der Waals surface area contributed by atoms with Crippen LogP contribution in [0.2, 0.25) is 0 Å². The van der Waals surface area contributed by atoms with Crippen LogP contribution < -0.4 is 5.32 Å². The predicted molar refractivity (Wildman–Crippen MR) is 76.1 cm³/mol. The summed E-state index contributed by atoms with van der Waals surface area (Å²) in [6.07, 6.45) is 3.00. The van der Waals surface area contributed by atoms with Gasteiger partial charge in [0.25, 0.3) is 0 Å². The third-order valence-corrected chi connectivity index (χ3v) is 3.50. The highest BCUT2D eigenvalue weighted by Crippen LogP contribution is 2.29. The number of rotatable bonds is 4. The minimum Gasteiger partial charge on any atom is -0.300 e. The number of halogens is 2. The summed E-state index contributed by atoms with van der Waals surface area (Å²) in [6.45, 7) is -0.0248. The average molecular weight is 321 g/mol. The van der Waals surface area contributed by atoms with Gasteiger partial charge in [-0.3, -0.25) is 4.79 Å². The maximum absolute atomic E-state index is 13.7. The van der Waals surface area contributed by atoms with Gasteiger partial charge in [-0.1, -0.05) is 11.3 Å². The summed E-state index contributed by atoms with van der Waals surface area (Å²) in [5, 5.41) is 11.5. The summed E-state index contributed by atoms with van der Waals surface area (Å²) in [4.78, 5) is 15.8. The molecule has 0 aliphatic heterocycles. The van der Waals surface area contributed by atoms with Crippen molar-refractivity contribution in [2.24, 2.45) is 0 Å². The fourth-order valence-electron chi connectivity index (χ4n) is 1.81. The molecule has 22 heavy (non-hydrogen) atoms. The molecule has 0 unspecified atom stereocenters. The summed E-state index contributed by atoms with van der Waals surface area (Å²) in [7, 11) is 0. The Kier molecular flexibility index (Phi) is 3.88. The van der Waals surface area contributed by atoms with Crippen LogP contribution in [0.25, 0.3) is 11.3 Å². The van der Waals surface area contributed by atoms with Crippen LogP contribution in [0, 0.1) is 11.6 Å². The molecule has 0 aliphatic carbocycles. The molecule has 0 radical (unpaired) electrons. The molecule has 3 rings (SSSR count). The number of amides is 1. The maximum atomic E-state index is 13.7. The molecule has 0 saturated carbocycles. The van der Waals surface area contributed by atoms with Crippen LogP contribution in [0.5, 0.6) is 0 Å². The van der Waals surface area contributed by atoms with Gasteiger partial charge in [0, 0.05) is 11.6 Å². The van der Waals surface area contributed by atoms with Gasteiger partial charge >= 0.3 is 0 Å². The lowest BCUT2D eigenvalue weighted by Crippen LogP contribution is -2.19. The second kappa shape index (κ2) is 5.98. The van der Waals surface area contributed by atoms with Crippen molar-refractivity contribution in [1.82, 2.24) is 20.0 Å². The van der Waals surface area contributed by atoms with E-state index in [0.717, 1.165) is 23.5 Å². The van der Waals surface area contributed by atoms with Crippen molar-refractivity contribution in [3.05, 3.63) is 47.6 Å². The van der Waals surface area contributed by atoms with Crippen molar-refractivity contribution in [1.29, 1.82) is 0 Å². The van der Waals surface area contributed by atoms with E-state index in [9.17, 15) is 13.6 Å². The van der Waals surface area contributed by atoms with Gasteiger partial charge in [0.2, 0.25) is 5.91 Å². The van der Waals surface area contributed by atoms with Gasteiger partial charge in [-0.05, 0) is 12.1 Å². The number of nitrogens with zero attached hydrogens (tertiary/aromatic N) is 4. The number of aromatic nitrogens is 4. The van der Waals surface area contributed by atoms with E-state index in [-0.39, 0.29) is 28.8 Å². The lowest BCUT2D eigenvalue weighted by molar-refractivity contribution is -0.116. The van der Waals surface area contributed by atoms with Gasteiger partial charge in [0.05, 0.1) is 17.5 Å². The number of anilines is 1. The zero-order valence-corrected chi connectivity index (χ0v) is 11.8. The maximum Gasteiger partial charge on any atom is 0.247 e. The number of carbonyl (C=O) groups is 1. The first-order valence-electron chi connectivity index (χ1n) is 6.17. The van der Waals surface area contributed by atoms with Crippen molar-refractivity contribution in [3.63, 3.8) is 0 Å². The molecule has 2 aromatic heterocycles. The van der Waals surface area contributed by atoms with E-state index in [4.69, 9.17) is 0 Å². The van der Waals surface area contributed by atoms with E-state index >= 15 is 0 Å². The van der Waals surface area contributed by atoms with Gasteiger partial charge in [-0.2, -0.15) is 0 Å². The minimum absolute atomic E-state index is 0.0248. The summed E-state index contributed by atoms with van der Waals surface area (Å²) >= 11 is 1.08. The monoisotopic (exact) mass is 321 g/mol. The molecule has 0 saturated heterocycles. The lowest BCUT2D eigenvalue weighted by atomic mass is 10.1. The Labute approximate surface area is 127 Å². The Hall–Kier alpha value is -2.68. The van der Waals surface area contributed by atoms with E-state index in [2.05, 4.69) is 20.6 Å². The first-order chi connectivity index (χ1) is 10.6. The van der Waals surface area contributed by atoms with Crippen molar-refractivity contribution in [2.75, 3.05) is 5.32 Å². The van der Waals surface area contributed by atoms with E-state index < -0.39 is 11.6 Å². The lowest BCUT2D eigenvalue weighted by Gasteiger charge is -2.02. The number of thiazole rings is 1. The van der Waals surface area contributed by atoms with Crippen molar-refractivity contribution < 1.29 is 13.6 Å². The van der Waals surface area contributed by atoms with Gasteiger partial charge in [0.15, 0.2) is 5.13 Å². The second-order valence-electron chi connectivity index (χ2n) is 4.28. The molecule has 0 fully saturated rings. The number of nitrogens with one attached hydrogen (secondary N) is 1. The fourth-order valence-corrected chi connectivity index (χ4v) is 2.53. The highest BCUT2D eigenvalue weighted by molar-refractivity contribution is 7.14. The van der Waals surface area contributed by atoms with E-state index in [1.807, 2.05) is 0 Å². The van der Waals surface area contributed by atoms with Gasteiger partial charge in [-0.15, -0.1) is 16.4 Å². The Morgan fingerprint density at radius 1 is 1.32 bits per heavy atom. The molecule has 1 amide bonds. The summed E-state index contributed by atoms with van der Waals surface area (Å²) in [5.74, 6) is -1.77. The number of benzene rings is 1. The minimum atomic E-state index is -0.703. The zero-order valence-electron chi connectivity index (χ0n) is 11.0. The third-order valence-electron chi connectivity index (χ3n) is 2.75. The fraction of sp³-hybridized carbons (Fsp3) is 0.0769. The van der Waals surface area contributed by atoms with Crippen LogP contribution in [0.15, 0.2) is 36.0 Å². The normalized spacial score (nSPS) is 10.6. The Balaban J connectivity index is 1.75. The molecule has 112 valence electrons. The molecule has 0 spiro atoms. The first kappa shape index (κ1) is 14.3. The summed E-state index contributed by atoms with van der Waals surface area (Å²) < 4.78 is 28.7. The highest BCUT2D eigenvalue weighted by atomic mass is 32.1. The average Bonchev–Trinajstić information content (AvgIpc) is 3.11. The van der Waals surface area contributed by atoms with Crippen LogP contribution in [-0.2, 0) is 11.3 Å². The van der Waals surface area contributed by atoms with Crippen LogP contribution >= 0.6 is 11.3 Å². The van der Waals surface area contributed by atoms with E-state index in [1.165, 1.54) is 22.3 Å². The van der Waals surface area contributed by atoms with Crippen molar-refractivity contribution >= 4 is 22.4 Å². The molecular weight excluding hydrogens is 312 g/mol. The molecular formula is C13H9F2N5OS. The van der Waals surface area contributed by atoms with Crippen molar-refractivity contribution in [2.45, 2.75) is 6.54 Å². The van der Waals surface area contributed by atoms with Gasteiger partial charge in [0.1, 0.15) is 18.2 Å². The molecule has 1 aromatic carbocycles. The molecule has 6 nitrogen and oxygen atoms in total. The Morgan fingerprint density at radius 3 is 2.77 bits per heavy atom. The third kappa shape index (κ3) is 2.98. The number of hydrogen-bond donors (Lipinski definition) is 1. The summed E-state index contributed by atoms with van der Waals surface area (Å²) in [5.41, 5.74) is -0.0767. The van der Waals surface area contributed by atoms with Crippen LogP contribution in [0.1, 0.15) is 0 Å². The highest BCUT2D eigenvalue weighted by Gasteiger charge is 2.15. The van der Waals surface area contributed by atoms with Crippen LogP contribution in [-0.4, -0.2) is 25.9 Å². The number of carbonyl (C=O) groups excluding carboxylic acids is 1. The Bertz CT molecular complexity index is 782. The SMILES string of the molecule is O=C(Cn1ccnn1)Nc1nc(-c2c(F)cccc2F)cs1. The largest absolute Gasteiger partial charge is 0.300 e. The van der Waals surface area contributed by atoms with Crippen molar-refractivity contribution in [3.8, 4) is 11.3 Å². The molecule has 1 N–H and O–H groups in total. The standard InChI is InChI=1S/C13H9F2N5OS/c14-8-2-1-3-9(15)12(8)10-7-22-13(17-10)18-11(21)6-20-5-4-16-19-20/h1-5,7H,6H2,(H,17,18,21). The smallest absolute Gasteiger partial charge is 0.247 e. The quantitative estimate of drug-likeness (QED) is 0.800. The number of hydrogen-bond acceptors (Lipinski definition) is 5. The second-order valence-corrected chi connectivity index (χ2v) is 5.14. The van der Waals surface area contributed by atoms with Crippen LogP contribution in [0.3, 0.4) is 0 Å².